The van der Waals surface area contributed by atoms with Crippen LogP contribution in [-0.2, 0) is 11.4 Å². The van der Waals surface area contributed by atoms with Crippen molar-refractivity contribution < 1.29 is 14.3 Å². The molecule has 0 fully saturated rings. The predicted octanol–water partition coefficient (Wildman–Crippen LogP) is 5.85. The van der Waals surface area contributed by atoms with Gasteiger partial charge in [-0.2, -0.15) is 0 Å². The van der Waals surface area contributed by atoms with Gasteiger partial charge in [0.25, 0.3) is 0 Å². The summed E-state index contributed by atoms with van der Waals surface area (Å²) in [5.41, 5.74) is 2.85. The van der Waals surface area contributed by atoms with E-state index < -0.39 is 5.97 Å². The average molecular weight is 379 g/mol. The van der Waals surface area contributed by atoms with Crippen molar-refractivity contribution in [1.29, 1.82) is 0 Å². The molecule has 0 unspecified atom stereocenters. The highest BCUT2D eigenvalue weighted by Gasteiger charge is 2.03. The number of halogens is 1. The van der Waals surface area contributed by atoms with Crippen LogP contribution in [0.15, 0.2) is 78.9 Å². The number of esters is 1. The average Bonchev–Trinajstić information content (AvgIpc) is 2.69. The van der Waals surface area contributed by atoms with Crippen molar-refractivity contribution in [2.75, 3.05) is 0 Å². The lowest BCUT2D eigenvalue weighted by atomic mass is 10.2. The third-order valence-electron chi connectivity index (χ3n) is 3.89. The van der Waals surface area contributed by atoms with Crippen molar-refractivity contribution in [2.45, 2.75) is 13.5 Å². The molecule has 0 N–H and O–H groups in total. The van der Waals surface area contributed by atoms with Gasteiger partial charge in [0.2, 0.25) is 0 Å². The Labute approximate surface area is 163 Å². The molecule has 3 aromatic rings. The highest BCUT2D eigenvalue weighted by molar-refractivity contribution is 6.31. The van der Waals surface area contributed by atoms with Gasteiger partial charge in [-0.3, -0.25) is 0 Å². The van der Waals surface area contributed by atoms with Crippen LogP contribution < -0.4 is 9.47 Å². The van der Waals surface area contributed by atoms with Gasteiger partial charge in [0, 0.05) is 11.1 Å². The van der Waals surface area contributed by atoms with Crippen LogP contribution in [0.3, 0.4) is 0 Å². The standard InChI is InChI=1S/C23H19ClO3/c1-17-15-21(12-13-22(17)24)27-23(25)14-9-18-7-10-20(11-8-18)26-16-19-5-3-2-4-6-19/h2-15H,16H2,1H3/b14-9+. The number of rotatable bonds is 6. The van der Waals surface area contributed by atoms with E-state index in [2.05, 4.69) is 0 Å². The maximum atomic E-state index is 11.9. The van der Waals surface area contributed by atoms with E-state index in [4.69, 9.17) is 21.1 Å². The Balaban J connectivity index is 1.53. The summed E-state index contributed by atoms with van der Waals surface area (Å²) in [4.78, 5) is 11.9. The van der Waals surface area contributed by atoms with E-state index in [1.807, 2.05) is 61.5 Å². The lowest BCUT2D eigenvalue weighted by Gasteiger charge is -2.06. The molecule has 0 amide bonds. The summed E-state index contributed by atoms with van der Waals surface area (Å²) in [5.74, 6) is 0.799. The fourth-order valence-electron chi connectivity index (χ4n) is 2.41. The first-order valence-corrected chi connectivity index (χ1v) is 8.91. The van der Waals surface area contributed by atoms with Gasteiger partial charge in [-0.25, -0.2) is 4.79 Å². The first-order chi connectivity index (χ1) is 13.1. The maximum Gasteiger partial charge on any atom is 0.336 e. The van der Waals surface area contributed by atoms with Crippen LogP contribution in [-0.4, -0.2) is 5.97 Å². The predicted molar refractivity (Wildman–Crippen MR) is 108 cm³/mol. The number of aryl methyl sites for hydroxylation is 1. The molecular weight excluding hydrogens is 360 g/mol. The van der Waals surface area contributed by atoms with E-state index in [9.17, 15) is 4.79 Å². The number of hydrogen-bond acceptors (Lipinski definition) is 3. The van der Waals surface area contributed by atoms with E-state index in [1.165, 1.54) is 6.08 Å². The van der Waals surface area contributed by atoms with Gasteiger partial charge in [0.05, 0.1) is 0 Å². The van der Waals surface area contributed by atoms with E-state index in [1.54, 1.807) is 24.3 Å². The highest BCUT2D eigenvalue weighted by Crippen LogP contribution is 2.21. The Morgan fingerprint density at radius 1 is 0.963 bits per heavy atom. The summed E-state index contributed by atoms with van der Waals surface area (Å²) in [5, 5.41) is 0.639. The molecule has 3 rings (SSSR count). The third-order valence-corrected chi connectivity index (χ3v) is 4.31. The Bertz CT molecular complexity index is 932. The normalized spacial score (nSPS) is 10.7. The monoisotopic (exact) mass is 378 g/mol. The fraction of sp³-hybridized carbons (Fsp3) is 0.0870. The molecule has 0 spiro atoms. The van der Waals surface area contributed by atoms with Crippen LogP contribution in [0, 0.1) is 6.92 Å². The number of carbonyl (C=O) groups excluding carboxylic acids is 1. The van der Waals surface area contributed by atoms with Crippen LogP contribution in [0.4, 0.5) is 0 Å². The van der Waals surface area contributed by atoms with Gasteiger partial charge < -0.3 is 9.47 Å². The van der Waals surface area contributed by atoms with Gasteiger partial charge >= 0.3 is 5.97 Å². The zero-order valence-corrected chi connectivity index (χ0v) is 15.6. The zero-order valence-electron chi connectivity index (χ0n) is 14.9. The Morgan fingerprint density at radius 3 is 2.37 bits per heavy atom. The lowest BCUT2D eigenvalue weighted by Crippen LogP contribution is -2.03. The summed E-state index contributed by atoms with van der Waals surface area (Å²) in [7, 11) is 0. The topological polar surface area (TPSA) is 35.5 Å². The van der Waals surface area contributed by atoms with Crippen LogP contribution in [0.2, 0.25) is 5.02 Å². The molecule has 0 bridgehead atoms. The van der Waals surface area contributed by atoms with Crippen LogP contribution in [0.1, 0.15) is 16.7 Å². The van der Waals surface area contributed by atoms with Crippen molar-refractivity contribution in [3.8, 4) is 11.5 Å². The van der Waals surface area contributed by atoms with Gasteiger partial charge in [-0.1, -0.05) is 54.1 Å². The summed E-state index contributed by atoms with van der Waals surface area (Å²) < 4.78 is 11.0. The molecule has 0 aliphatic heterocycles. The van der Waals surface area contributed by atoms with E-state index >= 15 is 0 Å². The molecule has 0 aromatic heterocycles. The minimum atomic E-state index is -0.443. The molecule has 0 saturated carbocycles. The molecule has 27 heavy (non-hydrogen) atoms. The fourth-order valence-corrected chi connectivity index (χ4v) is 2.53. The molecule has 0 atom stereocenters. The first kappa shape index (κ1) is 18.7. The van der Waals surface area contributed by atoms with Crippen molar-refractivity contribution in [3.05, 3.63) is 101 Å². The second-order valence-electron chi connectivity index (χ2n) is 6.01. The zero-order chi connectivity index (χ0) is 19.1. The maximum absolute atomic E-state index is 11.9. The number of benzene rings is 3. The minimum Gasteiger partial charge on any atom is -0.489 e. The lowest BCUT2D eigenvalue weighted by molar-refractivity contribution is -0.128. The molecule has 0 saturated heterocycles. The van der Waals surface area contributed by atoms with Crippen LogP contribution in [0.25, 0.3) is 6.08 Å². The molecule has 4 heteroatoms. The third kappa shape index (κ3) is 5.73. The smallest absolute Gasteiger partial charge is 0.336 e. The summed E-state index contributed by atoms with van der Waals surface area (Å²) in [6.07, 6.45) is 3.09. The molecule has 3 nitrogen and oxygen atoms in total. The Kier molecular flexibility index (Phi) is 6.29. The van der Waals surface area contributed by atoms with E-state index in [0.717, 1.165) is 22.4 Å². The quantitative estimate of drug-likeness (QED) is 0.307. The molecular formula is C23H19ClO3. The van der Waals surface area contributed by atoms with Gasteiger partial charge in [-0.15, -0.1) is 0 Å². The highest BCUT2D eigenvalue weighted by atomic mass is 35.5. The summed E-state index contributed by atoms with van der Waals surface area (Å²) >= 11 is 5.96. The minimum absolute atomic E-state index is 0.443. The molecule has 136 valence electrons. The summed E-state index contributed by atoms with van der Waals surface area (Å²) in [6, 6.07) is 22.6. The van der Waals surface area contributed by atoms with Crippen molar-refractivity contribution in [2.24, 2.45) is 0 Å². The molecule has 0 aliphatic rings. The molecule has 0 radical (unpaired) electrons. The largest absolute Gasteiger partial charge is 0.489 e. The summed E-state index contributed by atoms with van der Waals surface area (Å²) in [6.45, 7) is 2.37. The van der Waals surface area contributed by atoms with E-state index in [0.29, 0.717) is 17.4 Å². The van der Waals surface area contributed by atoms with Crippen molar-refractivity contribution in [1.82, 2.24) is 0 Å². The van der Waals surface area contributed by atoms with E-state index in [-0.39, 0.29) is 0 Å². The van der Waals surface area contributed by atoms with Crippen molar-refractivity contribution >= 4 is 23.6 Å². The van der Waals surface area contributed by atoms with Crippen molar-refractivity contribution in [3.63, 3.8) is 0 Å². The number of carbonyl (C=O) groups is 1. The molecule has 3 aromatic carbocycles. The first-order valence-electron chi connectivity index (χ1n) is 8.53. The van der Waals surface area contributed by atoms with Gasteiger partial charge in [0.15, 0.2) is 0 Å². The van der Waals surface area contributed by atoms with Gasteiger partial charge in [0.1, 0.15) is 18.1 Å². The number of ether oxygens (including phenoxy) is 2. The molecule has 0 aliphatic carbocycles. The Hall–Kier alpha value is -3.04. The second-order valence-corrected chi connectivity index (χ2v) is 6.42. The second kappa shape index (κ2) is 9.06. The molecule has 0 heterocycles. The Morgan fingerprint density at radius 2 is 1.67 bits per heavy atom. The van der Waals surface area contributed by atoms with Gasteiger partial charge in [-0.05, 0) is 60.0 Å². The van der Waals surface area contributed by atoms with Crippen LogP contribution >= 0.6 is 11.6 Å². The van der Waals surface area contributed by atoms with Crippen LogP contribution in [0.5, 0.6) is 11.5 Å². The number of hydrogen-bond donors (Lipinski definition) is 0. The SMILES string of the molecule is Cc1cc(OC(=O)/C=C/c2ccc(OCc3ccccc3)cc2)ccc1Cl.